The van der Waals surface area contributed by atoms with Crippen LogP contribution in [0.5, 0.6) is 0 Å². The third-order valence-corrected chi connectivity index (χ3v) is 7.01. The van der Waals surface area contributed by atoms with Gasteiger partial charge in [-0.2, -0.15) is 0 Å². The van der Waals surface area contributed by atoms with Crippen molar-refractivity contribution >= 4 is 30.3 Å². The Kier molecular flexibility index (Phi) is 3.92. The Bertz CT molecular complexity index is 1060. The molecule has 1 saturated carbocycles. The van der Waals surface area contributed by atoms with E-state index in [1.54, 1.807) is 6.26 Å². The summed E-state index contributed by atoms with van der Waals surface area (Å²) in [5, 5.41) is 13.9. The fourth-order valence-corrected chi connectivity index (χ4v) is 5.44. The van der Waals surface area contributed by atoms with Gasteiger partial charge in [0.15, 0.2) is 0 Å². The Morgan fingerprint density at radius 2 is 2.20 bits per heavy atom. The fourth-order valence-electron chi connectivity index (χ4n) is 5.44. The highest BCUT2D eigenvalue weighted by atomic mass is 16.5. The number of rotatable bonds is 6. The van der Waals surface area contributed by atoms with Gasteiger partial charge in [-0.3, -0.25) is 9.59 Å². The summed E-state index contributed by atoms with van der Waals surface area (Å²) in [5.74, 6) is -1.68. The second-order valence-electron chi connectivity index (χ2n) is 8.95. The van der Waals surface area contributed by atoms with Crippen molar-refractivity contribution in [3.05, 3.63) is 48.2 Å². The number of hydrogen-bond donors (Lipinski definition) is 2. The van der Waals surface area contributed by atoms with Crippen molar-refractivity contribution in [1.29, 1.82) is 0 Å². The molecule has 1 unspecified atom stereocenters. The molecule has 2 saturated heterocycles. The first-order chi connectivity index (χ1) is 14.6. The molecule has 7 nitrogen and oxygen atoms in total. The van der Waals surface area contributed by atoms with E-state index < -0.39 is 23.4 Å². The van der Waals surface area contributed by atoms with Gasteiger partial charge in [0, 0.05) is 17.4 Å². The molecule has 0 radical (unpaired) electrons. The van der Waals surface area contributed by atoms with Crippen LogP contribution in [0.3, 0.4) is 0 Å². The van der Waals surface area contributed by atoms with Crippen molar-refractivity contribution in [2.24, 2.45) is 11.8 Å². The number of nitrogens with zero attached hydrogens (tertiary/aromatic N) is 1. The van der Waals surface area contributed by atoms with Gasteiger partial charge in [0.2, 0.25) is 11.8 Å². The Morgan fingerprint density at radius 3 is 3.00 bits per heavy atom. The Morgan fingerprint density at radius 1 is 1.37 bits per heavy atom. The highest BCUT2D eigenvalue weighted by molar-refractivity contribution is 6.28. The Labute approximate surface area is 174 Å². The van der Waals surface area contributed by atoms with Gasteiger partial charge in [-0.1, -0.05) is 30.4 Å². The Balaban J connectivity index is 1.21. The van der Waals surface area contributed by atoms with Crippen LogP contribution >= 0.6 is 0 Å². The minimum Gasteiger partial charge on any atom is -0.464 e. The van der Waals surface area contributed by atoms with Crippen molar-refractivity contribution < 1.29 is 23.8 Å². The zero-order valence-electron chi connectivity index (χ0n) is 16.5. The van der Waals surface area contributed by atoms with Crippen LogP contribution in [-0.2, 0) is 20.7 Å². The molecule has 3 fully saturated rings. The lowest BCUT2D eigenvalue weighted by Crippen LogP contribution is -2.49. The predicted molar refractivity (Wildman–Crippen MR) is 110 cm³/mol. The number of benzene rings is 1. The van der Waals surface area contributed by atoms with Crippen LogP contribution in [0.1, 0.15) is 18.4 Å². The number of carbonyl (C=O) groups excluding carboxylic acids is 2. The number of para-hydroxylation sites is 1. The summed E-state index contributed by atoms with van der Waals surface area (Å²) in [6, 6.07) is 8.00. The molecule has 1 aliphatic carbocycles. The van der Waals surface area contributed by atoms with Crippen molar-refractivity contribution in [1.82, 2.24) is 10.2 Å². The first-order valence-electron chi connectivity index (χ1n) is 10.6. The standard InChI is InChI=1S/C22H23BN2O5/c26-20(24-17(23-28)9-12-10-29-15-4-2-1-3-14(12)15)18-16-7-8-22(30-16)11-25(13-5-6-13)21(27)19(18)22/h1-4,7-8,10,13,16-19,23,28H,5-6,9,11H2,(H,24,26)/t16-,17+,18-,19?,22-/m1/s1. The number of hydrogen-bond acceptors (Lipinski definition) is 5. The van der Waals surface area contributed by atoms with E-state index in [0.29, 0.717) is 19.0 Å². The number of ether oxygens (including phenoxy) is 1. The highest BCUT2D eigenvalue weighted by Gasteiger charge is 2.68. The maximum Gasteiger partial charge on any atom is 0.293 e. The third kappa shape index (κ3) is 2.60. The van der Waals surface area contributed by atoms with Gasteiger partial charge in [-0.15, -0.1) is 0 Å². The first-order valence-corrected chi connectivity index (χ1v) is 10.6. The molecule has 154 valence electrons. The molecule has 1 aromatic heterocycles. The van der Waals surface area contributed by atoms with E-state index in [1.807, 2.05) is 41.3 Å². The molecule has 1 spiro atoms. The van der Waals surface area contributed by atoms with Gasteiger partial charge >= 0.3 is 0 Å². The molecule has 3 aliphatic heterocycles. The summed E-state index contributed by atoms with van der Waals surface area (Å²) < 4.78 is 11.7. The minimum absolute atomic E-state index is 0.0332. The summed E-state index contributed by atoms with van der Waals surface area (Å²) >= 11 is 0. The monoisotopic (exact) mass is 406 g/mol. The Hall–Kier alpha value is -2.58. The lowest BCUT2D eigenvalue weighted by atomic mass is 9.76. The lowest BCUT2D eigenvalue weighted by molar-refractivity contribution is -0.138. The summed E-state index contributed by atoms with van der Waals surface area (Å²) in [6.07, 6.45) is 7.70. The second kappa shape index (κ2) is 6.46. The van der Waals surface area contributed by atoms with Crippen LogP contribution in [0.15, 0.2) is 47.1 Å². The molecular formula is C22H23BN2O5. The maximum atomic E-state index is 13.2. The number of furan rings is 1. The van der Waals surface area contributed by atoms with Gasteiger partial charge in [-0.05, 0) is 30.9 Å². The van der Waals surface area contributed by atoms with Crippen molar-refractivity contribution in [3.63, 3.8) is 0 Å². The molecule has 2 amide bonds. The van der Waals surface area contributed by atoms with Gasteiger partial charge in [0.05, 0.1) is 30.7 Å². The average Bonchev–Trinajstić information content (AvgIpc) is 3.14. The van der Waals surface area contributed by atoms with E-state index in [9.17, 15) is 14.6 Å². The average molecular weight is 406 g/mol. The van der Waals surface area contributed by atoms with E-state index in [2.05, 4.69) is 5.32 Å². The van der Waals surface area contributed by atoms with Crippen LogP contribution in [0, 0.1) is 11.8 Å². The molecule has 6 rings (SSSR count). The predicted octanol–water partition coefficient (Wildman–Crippen LogP) is 0.706. The molecule has 8 heteroatoms. The van der Waals surface area contributed by atoms with Crippen LogP contribution in [0.25, 0.3) is 11.0 Å². The molecule has 1 aromatic carbocycles. The van der Waals surface area contributed by atoms with E-state index >= 15 is 0 Å². The molecule has 2 aromatic rings. The van der Waals surface area contributed by atoms with Crippen LogP contribution in [0.4, 0.5) is 0 Å². The van der Waals surface area contributed by atoms with Crippen molar-refractivity contribution in [2.75, 3.05) is 6.54 Å². The summed E-state index contributed by atoms with van der Waals surface area (Å²) in [6.45, 7) is 0.544. The molecular weight excluding hydrogens is 383 g/mol. The highest BCUT2D eigenvalue weighted by Crippen LogP contribution is 2.53. The third-order valence-electron chi connectivity index (χ3n) is 7.01. The summed E-state index contributed by atoms with van der Waals surface area (Å²) in [4.78, 5) is 28.2. The van der Waals surface area contributed by atoms with Gasteiger partial charge in [-0.25, -0.2) is 0 Å². The number of fused-ring (bicyclic) bond motifs is 2. The van der Waals surface area contributed by atoms with Crippen LogP contribution in [0.2, 0.25) is 0 Å². The number of amides is 2. The largest absolute Gasteiger partial charge is 0.464 e. The second-order valence-corrected chi connectivity index (χ2v) is 8.95. The molecule has 4 heterocycles. The SMILES string of the molecule is O=C(N[C@H](BO)Cc1coc2ccccc12)[C@H]1C2C(=O)N(C3CC3)C[C@]23C=C[C@H]1O3. The smallest absolute Gasteiger partial charge is 0.293 e. The fraction of sp³-hybridized carbons (Fsp3) is 0.455. The number of nitrogens with one attached hydrogen (secondary N) is 1. The molecule has 2 N–H and O–H groups in total. The van der Waals surface area contributed by atoms with Crippen LogP contribution in [-0.4, -0.2) is 59.5 Å². The van der Waals surface area contributed by atoms with Crippen molar-refractivity contribution in [2.45, 2.75) is 43.0 Å². The maximum absolute atomic E-state index is 13.2. The van der Waals surface area contributed by atoms with E-state index in [0.717, 1.165) is 29.4 Å². The van der Waals surface area contributed by atoms with Crippen molar-refractivity contribution in [3.8, 4) is 0 Å². The van der Waals surface area contributed by atoms with Gasteiger partial charge in [0.25, 0.3) is 7.48 Å². The van der Waals surface area contributed by atoms with Crippen LogP contribution < -0.4 is 5.32 Å². The topological polar surface area (TPSA) is 92.0 Å². The quantitative estimate of drug-likeness (QED) is 0.545. The number of likely N-dealkylation sites (tertiary alicyclic amines) is 1. The van der Waals surface area contributed by atoms with E-state index in [4.69, 9.17) is 9.15 Å². The molecule has 30 heavy (non-hydrogen) atoms. The normalized spacial score (nSPS) is 32.6. The lowest BCUT2D eigenvalue weighted by Gasteiger charge is -2.25. The molecule has 5 atom stereocenters. The molecule has 2 bridgehead atoms. The molecule has 4 aliphatic rings. The summed E-state index contributed by atoms with van der Waals surface area (Å²) in [5.41, 5.74) is 1.05. The summed E-state index contributed by atoms with van der Waals surface area (Å²) in [7, 11) is -0.197. The zero-order chi connectivity index (χ0) is 20.5. The van der Waals surface area contributed by atoms with E-state index in [-0.39, 0.29) is 25.4 Å². The first kappa shape index (κ1) is 18.2. The zero-order valence-corrected chi connectivity index (χ0v) is 16.5. The van der Waals surface area contributed by atoms with E-state index in [1.165, 1.54) is 0 Å². The van der Waals surface area contributed by atoms with Gasteiger partial charge in [0.1, 0.15) is 11.2 Å². The van der Waals surface area contributed by atoms with Gasteiger partial charge < -0.3 is 24.4 Å². The minimum atomic E-state index is -0.665. The number of carbonyl (C=O) groups is 2.